The van der Waals surface area contributed by atoms with Crippen molar-refractivity contribution in [2.45, 2.75) is 9.79 Å². The maximum atomic E-state index is 14.0. The molecule has 0 amide bonds. The lowest BCUT2D eigenvalue weighted by Crippen LogP contribution is -2.21. The first-order chi connectivity index (χ1) is 21.9. The molecule has 0 unspecified atom stereocenters. The van der Waals surface area contributed by atoms with Crippen LogP contribution in [0.25, 0.3) is 65.2 Å². The van der Waals surface area contributed by atoms with Crippen molar-refractivity contribution < 1.29 is 43.1 Å². The minimum Gasteiger partial charge on any atom is -0.359 e. The molecule has 5 N–H and O–H groups in total. The fourth-order valence-electron chi connectivity index (χ4n) is 5.86. The van der Waals surface area contributed by atoms with Gasteiger partial charge in [-0.3, -0.25) is 32.8 Å². The van der Waals surface area contributed by atoms with Crippen LogP contribution in [0, 0.1) is 0 Å². The predicted molar refractivity (Wildman–Crippen MR) is 168 cm³/mol. The second kappa shape index (κ2) is 9.61. The number of fused-ring (bicyclic) bond motifs is 8. The fourth-order valence-corrected chi connectivity index (χ4v) is 8.21. The van der Waals surface area contributed by atoms with Crippen molar-refractivity contribution in [3.05, 3.63) is 95.5 Å². The van der Waals surface area contributed by atoms with Crippen LogP contribution in [0.15, 0.2) is 83.6 Å². The Morgan fingerprint density at radius 3 is 1.49 bits per heavy atom. The number of aromatic amines is 2. The number of hydrogen-bond acceptors (Lipinski definition) is 11. The molecule has 1 aromatic heterocycles. The summed E-state index contributed by atoms with van der Waals surface area (Å²) in [5.41, 5.74) is -3.07. The van der Waals surface area contributed by atoms with Crippen LogP contribution in [-0.2, 0) is 30.6 Å². The summed E-state index contributed by atoms with van der Waals surface area (Å²) in [6.07, 6.45) is 0. The highest BCUT2D eigenvalue weighted by atomic mass is 32.3. The van der Waals surface area contributed by atoms with E-state index >= 15 is 0 Å². The Labute approximate surface area is 259 Å². The molecule has 0 fully saturated rings. The zero-order chi connectivity index (χ0) is 34.0. The van der Waals surface area contributed by atoms with E-state index in [4.69, 9.17) is 0 Å². The third-order valence-corrected chi connectivity index (χ3v) is 9.99. The molecule has 0 saturated heterocycles. The Bertz CT molecular complexity index is 3210. The van der Waals surface area contributed by atoms with Crippen LogP contribution in [0.2, 0.25) is 0 Å². The lowest BCUT2D eigenvalue weighted by atomic mass is 9.99. The van der Waals surface area contributed by atoms with Crippen molar-refractivity contribution in [2.75, 3.05) is 0 Å². The molecule has 7 rings (SSSR count). The Morgan fingerprint density at radius 2 is 1.00 bits per heavy atom. The largest absolute Gasteiger partial charge is 0.446 e. The van der Waals surface area contributed by atoms with Crippen LogP contribution < -0.4 is 25.9 Å². The van der Waals surface area contributed by atoms with Crippen molar-refractivity contribution in [1.29, 1.82) is 0 Å². The number of hydrogen-bond donors (Lipinski definition) is 5. The molecule has 1 heterocycles. The van der Waals surface area contributed by atoms with E-state index in [1.54, 1.807) is 12.1 Å². The summed E-state index contributed by atoms with van der Waals surface area (Å²) >= 11 is 0. The van der Waals surface area contributed by atoms with Crippen molar-refractivity contribution in [1.82, 2.24) is 9.97 Å². The van der Waals surface area contributed by atoms with Gasteiger partial charge in [0.05, 0.1) is 38.2 Å². The maximum absolute atomic E-state index is 14.0. The van der Waals surface area contributed by atoms with E-state index in [1.165, 1.54) is 30.3 Å². The van der Waals surface area contributed by atoms with Crippen molar-refractivity contribution in [3.63, 3.8) is 0 Å². The van der Waals surface area contributed by atoms with Crippen LogP contribution in [0.1, 0.15) is 0 Å². The highest BCUT2D eigenvalue weighted by Gasteiger charge is 2.35. The van der Waals surface area contributed by atoms with E-state index in [2.05, 4.69) is 14.2 Å². The van der Waals surface area contributed by atoms with Crippen molar-refractivity contribution in [2.24, 2.45) is 0 Å². The summed E-state index contributed by atoms with van der Waals surface area (Å²) in [7, 11) is -17.3. The van der Waals surface area contributed by atoms with Gasteiger partial charge in [0.25, 0.3) is 20.2 Å². The summed E-state index contributed by atoms with van der Waals surface area (Å²) < 4.78 is 105. The molecule has 0 spiro atoms. The Hall–Kier alpha value is -5.31. The molecule has 19 heteroatoms. The summed E-state index contributed by atoms with van der Waals surface area (Å²) in [5.74, 6) is -1.76. The van der Waals surface area contributed by atoms with Gasteiger partial charge in [0.1, 0.15) is 4.90 Å². The smallest absolute Gasteiger partial charge is 0.359 e. The van der Waals surface area contributed by atoms with Gasteiger partial charge < -0.3 is 14.2 Å². The first-order valence-electron chi connectivity index (χ1n) is 12.9. The molecule has 0 aliphatic rings. The van der Waals surface area contributed by atoms with Crippen LogP contribution in [0.5, 0.6) is 5.75 Å². The van der Waals surface area contributed by atoms with E-state index in [1.807, 2.05) is 0 Å². The van der Waals surface area contributed by atoms with Gasteiger partial charge in [0.15, 0.2) is 32.4 Å². The average Bonchev–Trinajstić information content (AvgIpc) is 2.98. The van der Waals surface area contributed by atoms with Crippen LogP contribution in [0.3, 0.4) is 0 Å². The van der Waals surface area contributed by atoms with Gasteiger partial charge in [0.2, 0.25) is 0 Å². The van der Waals surface area contributed by atoms with Gasteiger partial charge >= 0.3 is 10.4 Å². The Balaban J connectivity index is 1.70. The molecule has 16 nitrogen and oxygen atoms in total. The van der Waals surface area contributed by atoms with Crippen molar-refractivity contribution >= 4 is 95.8 Å². The monoisotopic (exact) mass is 698 g/mol. The molecule has 0 aliphatic carbocycles. The molecule has 238 valence electrons. The van der Waals surface area contributed by atoms with Gasteiger partial charge in [-0.1, -0.05) is 24.3 Å². The molecule has 0 saturated carbocycles. The number of nitrogens with one attached hydrogen (secondary N) is 2. The third kappa shape index (κ3) is 4.47. The number of aromatic nitrogens is 2. The van der Waals surface area contributed by atoms with E-state index < -0.39 is 89.4 Å². The first kappa shape index (κ1) is 30.3. The summed E-state index contributed by atoms with van der Waals surface area (Å²) in [4.78, 5) is 56.7. The van der Waals surface area contributed by atoms with Crippen LogP contribution >= 0.6 is 0 Å². The molecule has 47 heavy (non-hydrogen) atoms. The third-order valence-electron chi connectivity index (χ3n) is 7.69. The highest BCUT2D eigenvalue weighted by Crippen LogP contribution is 2.38. The summed E-state index contributed by atoms with van der Waals surface area (Å²) in [5, 5.41) is -2.58. The summed E-state index contributed by atoms with van der Waals surface area (Å²) in [6.45, 7) is 0. The molecular weight excluding hydrogens is 685 g/mol. The molecule has 0 bridgehead atoms. The SMILES string of the molecule is O=c1c2ccccc2c(=O)c2c1ccc1[nH]c3c(ccc4c(=O)c5c(OS(=O)(=O)O)c(S(=O)(=O)O)c(S(=O)(=O)O)cc5c(=O)c43)[nH]c12. The highest BCUT2D eigenvalue weighted by molar-refractivity contribution is 7.89. The number of benzene rings is 6. The van der Waals surface area contributed by atoms with Gasteiger partial charge in [-0.2, -0.15) is 25.3 Å². The molecule has 6 aromatic carbocycles. The Morgan fingerprint density at radius 1 is 0.532 bits per heavy atom. The van der Waals surface area contributed by atoms with Gasteiger partial charge in [-0.15, -0.1) is 0 Å². The molecule has 0 aliphatic heterocycles. The molecular formula is C28H14N2O14S3. The average molecular weight is 699 g/mol. The fraction of sp³-hybridized carbons (Fsp3) is 0. The normalized spacial score (nSPS) is 13.0. The predicted octanol–water partition coefficient (Wildman–Crippen LogP) is 1.82. The molecule has 0 radical (unpaired) electrons. The topological polar surface area (TPSA) is 272 Å². The minimum absolute atomic E-state index is 0.0253. The molecule has 0 atom stereocenters. The zero-order valence-corrected chi connectivity index (χ0v) is 25.2. The number of H-pyrrole nitrogens is 2. The lowest BCUT2D eigenvalue weighted by molar-refractivity contribution is 0.381. The van der Waals surface area contributed by atoms with E-state index in [-0.39, 0.29) is 49.7 Å². The zero-order valence-electron chi connectivity index (χ0n) is 22.8. The number of rotatable bonds is 4. The second-order valence-electron chi connectivity index (χ2n) is 10.4. The van der Waals surface area contributed by atoms with Crippen molar-refractivity contribution in [3.8, 4) is 5.75 Å². The van der Waals surface area contributed by atoms with Gasteiger partial charge in [0, 0.05) is 26.9 Å². The van der Waals surface area contributed by atoms with Gasteiger partial charge in [-0.25, -0.2) is 0 Å². The quantitative estimate of drug-likeness (QED) is 0.0997. The van der Waals surface area contributed by atoms with Gasteiger partial charge in [-0.05, 0) is 30.3 Å². The van der Waals surface area contributed by atoms with E-state index in [0.717, 1.165) is 6.07 Å². The van der Waals surface area contributed by atoms with Crippen LogP contribution in [0.4, 0.5) is 0 Å². The van der Waals surface area contributed by atoms with E-state index in [9.17, 15) is 58.1 Å². The summed E-state index contributed by atoms with van der Waals surface area (Å²) in [6, 6.07) is 11.6. The maximum Gasteiger partial charge on any atom is 0.446 e. The standard InChI is InChI=1S/C28H14N2O14S3/c31-23-10-3-1-2-4-11(10)24(32)18-12(23)5-7-15-21(18)29-16-8-6-13-19(22(16)30-15)26(34)14-9-17(45(35,36)37)28(46(38,39)40)27(20(14)25(13)33)44-47(41,42)43/h1-9,29-30H,(H,35,36,37)(H,38,39,40)(H,41,42,43). The minimum atomic E-state index is -5.83. The van der Waals surface area contributed by atoms with E-state index in [0.29, 0.717) is 0 Å². The lowest BCUT2D eigenvalue weighted by Gasteiger charge is -2.14. The molecule has 7 aromatic rings. The second-order valence-corrected chi connectivity index (χ2v) is 14.1. The Kier molecular flexibility index (Phi) is 6.20. The van der Waals surface area contributed by atoms with Crippen LogP contribution in [-0.4, -0.2) is 48.9 Å². The first-order valence-corrected chi connectivity index (χ1v) is 17.1.